The van der Waals surface area contributed by atoms with Gasteiger partial charge in [0, 0.05) is 5.33 Å². The third kappa shape index (κ3) is 5.06. The first-order valence-corrected chi connectivity index (χ1v) is 6.19. The molecule has 0 spiro atoms. The molecule has 0 atom stereocenters. The number of alkyl halides is 7. The van der Waals surface area contributed by atoms with E-state index in [1.165, 1.54) is 0 Å². The molecule has 0 aliphatic heterocycles. The number of halogens is 7. The lowest BCUT2D eigenvalue weighted by molar-refractivity contribution is -0.276. The summed E-state index contributed by atoms with van der Waals surface area (Å²) in [6, 6.07) is 0.362. The molecule has 0 bridgehead atoms. The van der Waals surface area contributed by atoms with Crippen molar-refractivity contribution in [2.45, 2.75) is 24.3 Å². The van der Waals surface area contributed by atoms with Gasteiger partial charge < -0.3 is 9.84 Å². The van der Waals surface area contributed by atoms with E-state index in [9.17, 15) is 31.1 Å². The highest BCUT2D eigenvalue weighted by atomic mass is 79.9. The first kappa shape index (κ1) is 17.5. The van der Waals surface area contributed by atoms with E-state index in [0.717, 1.165) is 0 Å². The fourth-order valence-corrected chi connectivity index (χ4v) is 1.70. The van der Waals surface area contributed by atoms with Gasteiger partial charge in [-0.15, -0.1) is 13.2 Å². The summed E-state index contributed by atoms with van der Waals surface area (Å²) >= 11 is 2.80. The maximum atomic E-state index is 12.8. The number of hydrogen-bond acceptors (Lipinski definition) is 3. The van der Waals surface area contributed by atoms with Crippen LogP contribution in [0.2, 0.25) is 0 Å². The summed E-state index contributed by atoms with van der Waals surface area (Å²) in [7, 11) is 0. The van der Waals surface area contributed by atoms with Crippen molar-refractivity contribution in [1.29, 1.82) is 0 Å². The third-order valence-corrected chi connectivity index (χ3v) is 2.65. The molecule has 0 saturated carbocycles. The fourth-order valence-electron chi connectivity index (χ4n) is 1.42. The standard InChI is InChI=1S/C10H6BrF6NO3/c11-3-4-1-5(9(12,13)14)8(21-10(15,16)17)6(18-4)2-7(19)20/h1H,2-3H2,(H,19,20). The highest BCUT2D eigenvalue weighted by molar-refractivity contribution is 9.08. The molecule has 0 aromatic carbocycles. The van der Waals surface area contributed by atoms with E-state index < -0.39 is 41.9 Å². The van der Waals surface area contributed by atoms with E-state index in [1.54, 1.807) is 0 Å². The number of carbonyl (C=O) groups is 1. The number of rotatable bonds is 4. The average Bonchev–Trinajstić information content (AvgIpc) is 2.27. The Bertz CT molecular complexity index is 543. The van der Waals surface area contributed by atoms with Gasteiger partial charge in [-0.05, 0) is 6.07 Å². The number of aliphatic carboxylic acids is 1. The third-order valence-electron chi connectivity index (χ3n) is 2.08. The summed E-state index contributed by atoms with van der Waals surface area (Å²) in [4.78, 5) is 14.0. The quantitative estimate of drug-likeness (QED) is 0.640. The van der Waals surface area contributed by atoms with Crippen molar-refractivity contribution in [2.24, 2.45) is 0 Å². The summed E-state index contributed by atoms with van der Waals surface area (Å²) in [6.07, 6.45) is -11.7. The molecule has 0 amide bonds. The summed E-state index contributed by atoms with van der Waals surface area (Å²) in [6.45, 7) is 0. The molecule has 1 aromatic heterocycles. The van der Waals surface area contributed by atoms with Gasteiger partial charge in [0.1, 0.15) is 5.56 Å². The first-order chi connectivity index (χ1) is 9.44. The van der Waals surface area contributed by atoms with E-state index in [2.05, 4.69) is 25.7 Å². The summed E-state index contributed by atoms with van der Waals surface area (Å²) in [5.41, 5.74) is -2.96. The second kappa shape index (κ2) is 6.08. The van der Waals surface area contributed by atoms with Crippen LogP contribution >= 0.6 is 15.9 Å². The van der Waals surface area contributed by atoms with Crippen LogP contribution in [-0.2, 0) is 22.7 Å². The van der Waals surface area contributed by atoms with E-state index in [1.807, 2.05) is 0 Å². The summed E-state index contributed by atoms with van der Waals surface area (Å²) in [5, 5.41) is 8.38. The molecule has 1 N–H and O–H groups in total. The van der Waals surface area contributed by atoms with Gasteiger partial charge in [0.25, 0.3) is 0 Å². The monoisotopic (exact) mass is 381 g/mol. The predicted molar refractivity (Wildman–Crippen MR) is 59.9 cm³/mol. The van der Waals surface area contributed by atoms with Crippen LogP contribution in [0.15, 0.2) is 6.07 Å². The molecule has 0 aliphatic carbocycles. The van der Waals surface area contributed by atoms with Crippen molar-refractivity contribution in [1.82, 2.24) is 4.98 Å². The van der Waals surface area contributed by atoms with Gasteiger partial charge in [-0.3, -0.25) is 9.78 Å². The van der Waals surface area contributed by atoms with E-state index in [4.69, 9.17) is 5.11 Å². The van der Waals surface area contributed by atoms with Gasteiger partial charge in [-0.25, -0.2) is 0 Å². The highest BCUT2D eigenvalue weighted by Gasteiger charge is 2.41. The topological polar surface area (TPSA) is 59.4 Å². The lowest BCUT2D eigenvalue weighted by Crippen LogP contribution is -2.23. The zero-order valence-electron chi connectivity index (χ0n) is 9.85. The SMILES string of the molecule is O=C(O)Cc1nc(CBr)cc(C(F)(F)F)c1OC(F)(F)F. The molecule has 1 rings (SSSR count). The molecule has 118 valence electrons. The van der Waals surface area contributed by atoms with E-state index in [-0.39, 0.29) is 11.0 Å². The Morgan fingerprint density at radius 3 is 2.24 bits per heavy atom. The van der Waals surface area contributed by atoms with Crippen LogP contribution in [-0.4, -0.2) is 22.4 Å². The smallest absolute Gasteiger partial charge is 0.481 e. The van der Waals surface area contributed by atoms with Crippen LogP contribution in [0.1, 0.15) is 17.0 Å². The molecule has 0 radical (unpaired) electrons. The van der Waals surface area contributed by atoms with Crippen molar-refractivity contribution in [3.63, 3.8) is 0 Å². The van der Waals surface area contributed by atoms with E-state index in [0.29, 0.717) is 6.07 Å². The van der Waals surface area contributed by atoms with Gasteiger partial charge >= 0.3 is 18.5 Å². The van der Waals surface area contributed by atoms with Crippen molar-refractivity contribution in [2.75, 3.05) is 0 Å². The number of pyridine rings is 1. The minimum absolute atomic E-state index is 0.199. The first-order valence-electron chi connectivity index (χ1n) is 5.07. The minimum atomic E-state index is -5.41. The fraction of sp³-hybridized carbons (Fsp3) is 0.400. The zero-order valence-corrected chi connectivity index (χ0v) is 11.4. The Labute approximate surface area is 121 Å². The van der Waals surface area contributed by atoms with Crippen molar-refractivity contribution < 1.29 is 41.0 Å². The Morgan fingerprint density at radius 2 is 1.86 bits per heavy atom. The molecule has 0 fully saturated rings. The Balaban J connectivity index is 3.54. The normalized spacial score (nSPS) is 12.3. The Morgan fingerprint density at radius 1 is 1.29 bits per heavy atom. The van der Waals surface area contributed by atoms with Gasteiger partial charge in [0.05, 0.1) is 17.8 Å². The van der Waals surface area contributed by atoms with Crippen molar-refractivity contribution >= 4 is 21.9 Å². The highest BCUT2D eigenvalue weighted by Crippen LogP contribution is 2.40. The molecule has 11 heteroatoms. The second-order valence-corrected chi connectivity index (χ2v) is 4.25. The average molecular weight is 382 g/mol. The lowest BCUT2D eigenvalue weighted by atomic mass is 10.1. The number of ether oxygens (including phenoxy) is 1. The van der Waals surface area contributed by atoms with Gasteiger partial charge in [0.15, 0.2) is 5.75 Å². The number of carboxylic acid groups (broad SMARTS) is 1. The number of nitrogens with zero attached hydrogens (tertiary/aromatic N) is 1. The van der Waals surface area contributed by atoms with Crippen LogP contribution in [0.3, 0.4) is 0 Å². The van der Waals surface area contributed by atoms with Crippen molar-refractivity contribution in [3.05, 3.63) is 23.0 Å². The van der Waals surface area contributed by atoms with Gasteiger partial charge in [0.2, 0.25) is 0 Å². The van der Waals surface area contributed by atoms with Crippen LogP contribution < -0.4 is 4.74 Å². The number of hydrogen-bond donors (Lipinski definition) is 1. The molecule has 1 heterocycles. The second-order valence-electron chi connectivity index (χ2n) is 3.69. The maximum Gasteiger partial charge on any atom is 0.573 e. The Hall–Kier alpha value is -1.52. The molecule has 0 aliphatic rings. The maximum absolute atomic E-state index is 12.8. The molecule has 21 heavy (non-hydrogen) atoms. The molecule has 0 unspecified atom stereocenters. The van der Waals surface area contributed by atoms with Crippen LogP contribution in [0.5, 0.6) is 5.75 Å². The molecule has 4 nitrogen and oxygen atoms in total. The molecular formula is C10H6BrF6NO3. The molecule has 0 saturated heterocycles. The van der Waals surface area contributed by atoms with Gasteiger partial charge in [-0.1, -0.05) is 15.9 Å². The van der Waals surface area contributed by atoms with Crippen LogP contribution in [0.4, 0.5) is 26.3 Å². The van der Waals surface area contributed by atoms with Crippen LogP contribution in [0, 0.1) is 0 Å². The van der Waals surface area contributed by atoms with Crippen molar-refractivity contribution in [3.8, 4) is 5.75 Å². The number of carboxylic acids is 1. The summed E-state index contributed by atoms with van der Waals surface area (Å²) in [5.74, 6) is -3.29. The minimum Gasteiger partial charge on any atom is -0.481 e. The van der Waals surface area contributed by atoms with E-state index >= 15 is 0 Å². The van der Waals surface area contributed by atoms with Gasteiger partial charge in [-0.2, -0.15) is 13.2 Å². The molecular weight excluding hydrogens is 376 g/mol. The zero-order chi connectivity index (χ0) is 16.4. The lowest BCUT2D eigenvalue weighted by Gasteiger charge is -2.18. The summed E-state index contributed by atoms with van der Waals surface area (Å²) < 4.78 is 78.5. The largest absolute Gasteiger partial charge is 0.573 e. The predicted octanol–water partition coefficient (Wildman–Crippen LogP) is 3.52. The van der Waals surface area contributed by atoms with Crippen LogP contribution in [0.25, 0.3) is 0 Å². The Kier molecular flexibility index (Phi) is 5.07. The molecule has 1 aromatic rings. The number of aromatic nitrogens is 1.